The van der Waals surface area contributed by atoms with Gasteiger partial charge in [0, 0.05) is 25.2 Å². The zero-order chi connectivity index (χ0) is 27.6. The Hall–Kier alpha value is -3.26. The fourth-order valence-corrected chi connectivity index (χ4v) is 5.56. The van der Waals surface area contributed by atoms with Crippen LogP contribution in [0.5, 0.6) is 11.5 Å². The van der Waals surface area contributed by atoms with E-state index >= 15 is 0 Å². The van der Waals surface area contributed by atoms with Crippen LogP contribution < -0.4 is 15.2 Å². The second kappa shape index (κ2) is 11.5. The van der Waals surface area contributed by atoms with Gasteiger partial charge in [-0.15, -0.1) is 0 Å². The minimum atomic E-state index is -0.900. The first kappa shape index (κ1) is 27.3. The summed E-state index contributed by atoms with van der Waals surface area (Å²) in [6.07, 6.45) is 1.62. The predicted molar refractivity (Wildman–Crippen MR) is 155 cm³/mol. The van der Waals surface area contributed by atoms with E-state index in [-0.39, 0.29) is 12.3 Å². The summed E-state index contributed by atoms with van der Waals surface area (Å²) < 4.78 is 15.4. The normalized spacial score (nSPS) is 18.0. The van der Waals surface area contributed by atoms with Crippen molar-refractivity contribution in [1.82, 2.24) is 14.0 Å². The average molecular weight is 550 g/mol. The Bertz CT molecular complexity index is 1490. The molecule has 0 radical (unpaired) electrons. The number of piperidine rings is 1. The van der Waals surface area contributed by atoms with Crippen molar-refractivity contribution in [2.75, 3.05) is 26.3 Å². The molecule has 1 fully saturated rings. The molecule has 1 N–H and O–H groups in total. The van der Waals surface area contributed by atoms with Crippen LogP contribution in [0.4, 0.5) is 0 Å². The first-order valence-electron chi connectivity index (χ1n) is 13.4. The van der Waals surface area contributed by atoms with E-state index in [9.17, 15) is 9.90 Å². The van der Waals surface area contributed by atoms with Crippen LogP contribution in [0.1, 0.15) is 29.5 Å². The van der Waals surface area contributed by atoms with Gasteiger partial charge in [0.25, 0.3) is 0 Å². The number of ether oxygens (including phenoxy) is 2. The minimum Gasteiger partial charge on any atom is -0.492 e. The lowest BCUT2D eigenvalue weighted by molar-refractivity contribution is -0.0621. The third-order valence-corrected chi connectivity index (χ3v) is 8.11. The smallest absolute Gasteiger partial charge is 0.328 e. The van der Waals surface area contributed by atoms with E-state index in [0.717, 1.165) is 63.8 Å². The van der Waals surface area contributed by atoms with Crippen LogP contribution in [0, 0.1) is 13.8 Å². The molecule has 5 rings (SSSR count). The summed E-state index contributed by atoms with van der Waals surface area (Å²) in [6.45, 7) is 7.27. The van der Waals surface area contributed by atoms with Crippen LogP contribution in [-0.4, -0.2) is 51.0 Å². The largest absolute Gasteiger partial charge is 0.492 e. The lowest BCUT2D eigenvalue weighted by Gasteiger charge is -2.39. The summed E-state index contributed by atoms with van der Waals surface area (Å²) in [5, 5.41) is 12.0. The van der Waals surface area contributed by atoms with Gasteiger partial charge in [-0.1, -0.05) is 35.9 Å². The molecular formula is C31H36ClN3O4. The van der Waals surface area contributed by atoms with Crippen LogP contribution in [0.25, 0.3) is 11.0 Å². The van der Waals surface area contributed by atoms with Gasteiger partial charge < -0.3 is 14.6 Å². The van der Waals surface area contributed by atoms with Crippen molar-refractivity contribution < 1.29 is 14.6 Å². The number of hydrogen-bond acceptors (Lipinski definition) is 5. The van der Waals surface area contributed by atoms with E-state index in [4.69, 9.17) is 21.1 Å². The minimum absolute atomic E-state index is 0.0413. The maximum atomic E-state index is 12.6. The van der Waals surface area contributed by atoms with E-state index in [1.165, 1.54) is 0 Å². The molecule has 1 atom stereocenters. The molecule has 1 aliphatic rings. The zero-order valence-electron chi connectivity index (χ0n) is 22.8. The standard InChI is InChI=1S/C31H36ClN3O4/c1-22-17-26(18-23(2)29(22)32)39-21-31(37)13-6-14-34(20-31)19-24-9-11-25(12-10-24)38-16-15-35-28-8-5-4-7-27(28)33(3)30(35)36/h4-5,7-12,17-18,37H,6,13-16,19-21H2,1-3H3/t31-/m1/s1. The number of fused-ring (bicyclic) bond motifs is 1. The first-order valence-corrected chi connectivity index (χ1v) is 13.8. The monoisotopic (exact) mass is 549 g/mol. The van der Waals surface area contributed by atoms with Crippen LogP contribution in [0.3, 0.4) is 0 Å². The summed E-state index contributed by atoms with van der Waals surface area (Å²) in [5.41, 5.74) is 3.98. The number of aryl methyl sites for hydroxylation is 3. The number of β-amino-alcohol motifs (C(OH)–C–C–N with tert-alkyl or cyclic N) is 1. The molecule has 0 amide bonds. The van der Waals surface area contributed by atoms with Gasteiger partial charge in [-0.3, -0.25) is 14.0 Å². The van der Waals surface area contributed by atoms with Crippen LogP contribution >= 0.6 is 11.6 Å². The Labute approximate surface area is 234 Å². The summed E-state index contributed by atoms with van der Waals surface area (Å²) in [5.74, 6) is 1.50. The summed E-state index contributed by atoms with van der Waals surface area (Å²) in [7, 11) is 1.79. The Kier molecular flexibility index (Phi) is 8.03. The fraction of sp³-hybridized carbons (Fsp3) is 0.387. The molecule has 1 aromatic heterocycles. The SMILES string of the molecule is Cc1cc(OC[C@@]2(O)CCCN(Cc3ccc(OCCn4c(=O)n(C)c5ccccc54)cc3)C2)cc(C)c1Cl. The number of aliphatic hydroxyl groups is 1. The number of benzene rings is 3. The van der Waals surface area contributed by atoms with Gasteiger partial charge >= 0.3 is 5.69 Å². The first-order chi connectivity index (χ1) is 18.7. The maximum absolute atomic E-state index is 12.6. The maximum Gasteiger partial charge on any atom is 0.328 e. The predicted octanol–water partition coefficient (Wildman–Crippen LogP) is 5.10. The number of hydrogen-bond donors (Lipinski definition) is 1. The second-order valence-electron chi connectivity index (χ2n) is 10.7. The number of para-hydroxylation sites is 2. The van der Waals surface area contributed by atoms with Crippen LogP contribution in [0.15, 0.2) is 65.5 Å². The number of rotatable bonds is 9. The average Bonchev–Trinajstić information content (AvgIpc) is 3.16. The third kappa shape index (κ3) is 6.16. The lowest BCUT2D eigenvalue weighted by atomic mass is 9.93. The quantitative estimate of drug-likeness (QED) is 0.315. The van der Waals surface area contributed by atoms with Gasteiger partial charge in [-0.2, -0.15) is 0 Å². The molecule has 8 heteroatoms. The zero-order valence-corrected chi connectivity index (χ0v) is 23.6. The van der Waals surface area contributed by atoms with Gasteiger partial charge in [0.1, 0.15) is 30.3 Å². The van der Waals surface area contributed by atoms with Gasteiger partial charge in [-0.25, -0.2) is 4.79 Å². The molecular weight excluding hydrogens is 514 g/mol. The van der Waals surface area contributed by atoms with Crippen molar-refractivity contribution >= 4 is 22.6 Å². The Morgan fingerprint density at radius 3 is 2.38 bits per heavy atom. The van der Waals surface area contributed by atoms with E-state index < -0.39 is 5.60 Å². The lowest BCUT2D eigenvalue weighted by Crippen LogP contribution is -2.51. The highest BCUT2D eigenvalue weighted by Gasteiger charge is 2.34. The highest BCUT2D eigenvalue weighted by atomic mass is 35.5. The molecule has 0 spiro atoms. The van der Waals surface area contributed by atoms with Crippen molar-refractivity contribution in [1.29, 1.82) is 0 Å². The van der Waals surface area contributed by atoms with Crippen molar-refractivity contribution in [3.05, 3.63) is 92.9 Å². The second-order valence-corrected chi connectivity index (χ2v) is 11.1. The number of nitrogens with zero attached hydrogens (tertiary/aromatic N) is 3. The molecule has 0 bridgehead atoms. The third-order valence-electron chi connectivity index (χ3n) is 7.52. The Balaban J connectivity index is 1.13. The van der Waals surface area contributed by atoms with Crippen LogP contribution in [-0.2, 0) is 20.1 Å². The topological polar surface area (TPSA) is 68.9 Å². The molecule has 206 valence electrons. The van der Waals surface area contributed by atoms with Gasteiger partial charge in [0.05, 0.1) is 17.6 Å². The number of aromatic nitrogens is 2. The van der Waals surface area contributed by atoms with Gasteiger partial charge in [-0.05, 0) is 86.3 Å². The van der Waals surface area contributed by atoms with Gasteiger partial charge in [0.15, 0.2) is 0 Å². The fourth-order valence-electron chi connectivity index (χ4n) is 5.45. The molecule has 3 aromatic carbocycles. The molecule has 0 aliphatic carbocycles. The van der Waals surface area contributed by atoms with Crippen molar-refractivity contribution in [2.45, 2.75) is 45.4 Å². The molecule has 7 nitrogen and oxygen atoms in total. The van der Waals surface area contributed by atoms with Crippen LogP contribution in [0.2, 0.25) is 5.02 Å². The summed E-state index contributed by atoms with van der Waals surface area (Å²) in [6, 6.07) is 19.7. The highest BCUT2D eigenvalue weighted by Crippen LogP contribution is 2.28. The molecule has 4 aromatic rings. The number of halogens is 1. The summed E-state index contributed by atoms with van der Waals surface area (Å²) >= 11 is 6.28. The highest BCUT2D eigenvalue weighted by molar-refractivity contribution is 6.32. The van der Waals surface area contributed by atoms with E-state index in [1.54, 1.807) is 16.2 Å². The van der Waals surface area contributed by atoms with Crippen molar-refractivity contribution in [3.8, 4) is 11.5 Å². The number of likely N-dealkylation sites (tertiary alicyclic amines) is 1. The van der Waals surface area contributed by atoms with Crippen molar-refractivity contribution in [3.63, 3.8) is 0 Å². The van der Waals surface area contributed by atoms with Crippen molar-refractivity contribution in [2.24, 2.45) is 7.05 Å². The molecule has 0 saturated carbocycles. The molecule has 0 unspecified atom stereocenters. The molecule has 2 heterocycles. The Morgan fingerprint density at radius 2 is 1.67 bits per heavy atom. The molecule has 39 heavy (non-hydrogen) atoms. The van der Waals surface area contributed by atoms with Gasteiger partial charge in [0.2, 0.25) is 0 Å². The number of imidazole rings is 1. The Morgan fingerprint density at radius 1 is 0.974 bits per heavy atom. The molecule has 1 saturated heterocycles. The van der Waals surface area contributed by atoms with E-state index in [1.807, 2.05) is 62.4 Å². The van der Waals surface area contributed by atoms with E-state index in [0.29, 0.717) is 26.1 Å². The molecule has 1 aliphatic heterocycles. The van der Waals surface area contributed by atoms with E-state index in [2.05, 4.69) is 17.0 Å². The summed E-state index contributed by atoms with van der Waals surface area (Å²) in [4.78, 5) is 14.9.